The van der Waals surface area contributed by atoms with Gasteiger partial charge in [0.25, 0.3) is 0 Å². The molecule has 1 aliphatic heterocycles. The van der Waals surface area contributed by atoms with Crippen LogP contribution in [0.3, 0.4) is 0 Å². The van der Waals surface area contributed by atoms with Crippen molar-refractivity contribution in [2.75, 3.05) is 5.75 Å². The summed E-state index contributed by atoms with van der Waals surface area (Å²) in [7, 11) is 0. The molecular formula is C8H11NS2. The Morgan fingerprint density at radius 2 is 2.45 bits per heavy atom. The number of thioether (sulfide) groups is 1. The van der Waals surface area contributed by atoms with Gasteiger partial charge < -0.3 is 5.73 Å². The van der Waals surface area contributed by atoms with Crippen LogP contribution in [0.4, 0.5) is 0 Å². The van der Waals surface area contributed by atoms with Crippen molar-refractivity contribution in [3.05, 3.63) is 21.4 Å². The van der Waals surface area contributed by atoms with Crippen molar-refractivity contribution in [3.63, 3.8) is 0 Å². The molecule has 1 aromatic rings. The number of fused-ring (bicyclic) bond motifs is 1. The Balaban J connectivity index is 2.48. The molecule has 2 N–H and O–H groups in total. The van der Waals surface area contributed by atoms with Gasteiger partial charge in [0.1, 0.15) is 0 Å². The van der Waals surface area contributed by atoms with Crippen molar-refractivity contribution >= 4 is 23.1 Å². The molecule has 1 aliphatic rings. The molecule has 0 spiro atoms. The number of thiophene rings is 1. The van der Waals surface area contributed by atoms with E-state index in [2.05, 4.69) is 12.3 Å². The Morgan fingerprint density at radius 3 is 3.18 bits per heavy atom. The summed E-state index contributed by atoms with van der Waals surface area (Å²) in [6.07, 6.45) is 0. The smallest absolute Gasteiger partial charge is 0.0400 e. The third kappa shape index (κ3) is 1.21. The van der Waals surface area contributed by atoms with Gasteiger partial charge in [-0.1, -0.05) is 0 Å². The summed E-state index contributed by atoms with van der Waals surface area (Å²) in [4.78, 5) is 1.49. The summed E-state index contributed by atoms with van der Waals surface area (Å²) >= 11 is 3.80. The van der Waals surface area contributed by atoms with E-state index >= 15 is 0 Å². The minimum absolute atomic E-state index is 0.287. The van der Waals surface area contributed by atoms with Gasteiger partial charge >= 0.3 is 0 Å². The lowest BCUT2D eigenvalue weighted by Gasteiger charge is -2.18. The Bertz CT molecular complexity index is 267. The van der Waals surface area contributed by atoms with E-state index in [1.807, 2.05) is 23.1 Å². The van der Waals surface area contributed by atoms with Gasteiger partial charge in [0.2, 0.25) is 0 Å². The van der Waals surface area contributed by atoms with Crippen LogP contribution in [0.1, 0.15) is 22.0 Å². The Hall–Kier alpha value is 0.01000. The number of nitrogens with two attached hydrogens (primary N) is 1. The van der Waals surface area contributed by atoms with E-state index in [1.54, 1.807) is 0 Å². The van der Waals surface area contributed by atoms with Crippen LogP contribution in [-0.2, 0) is 5.75 Å². The molecular weight excluding hydrogens is 174 g/mol. The summed E-state index contributed by atoms with van der Waals surface area (Å²) in [6.45, 7) is 2.16. The molecule has 0 aromatic carbocycles. The molecule has 0 aliphatic carbocycles. The van der Waals surface area contributed by atoms with Gasteiger partial charge in [0, 0.05) is 22.4 Å². The number of aryl methyl sites for hydroxylation is 1. The van der Waals surface area contributed by atoms with E-state index in [9.17, 15) is 0 Å². The molecule has 0 radical (unpaired) electrons. The van der Waals surface area contributed by atoms with Crippen molar-refractivity contribution in [3.8, 4) is 0 Å². The van der Waals surface area contributed by atoms with Gasteiger partial charge in [-0.2, -0.15) is 11.8 Å². The van der Waals surface area contributed by atoms with Crippen LogP contribution in [-0.4, -0.2) is 5.75 Å². The first kappa shape index (κ1) is 7.65. The average Bonchev–Trinajstić information content (AvgIpc) is 2.34. The molecule has 0 saturated carbocycles. The van der Waals surface area contributed by atoms with Crippen LogP contribution in [0.15, 0.2) is 5.38 Å². The maximum atomic E-state index is 5.98. The normalized spacial score (nSPS) is 23.3. The first-order valence-corrected chi connectivity index (χ1v) is 5.72. The highest BCUT2D eigenvalue weighted by Crippen LogP contribution is 2.36. The maximum absolute atomic E-state index is 5.98. The van der Waals surface area contributed by atoms with Crippen LogP contribution in [0.2, 0.25) is 0 Å². The van der Waals surface area contributed by atoms with Crippen molar-refractivity contribution in [1.29, 1.82) is 0 Å². The van der Waals surface area contributed by atoms with E-state index in [0.29, 0.717) is 0 Å². The molecule has 11 heavy (non-hydrogen) atoms. The predicted octanol–water partition coefficient (Wildman–Crippen LogP) is 2.30. The molecule has 0 fully saturated rings. The molecule has 60 valence electrons. The van der Waals surface area contributed by atoms with Gasteiger partial charge in [-0.25, -0.2) is 0 Å². The lowest BCUT2D eigenvalue weighted by Crippen LogP contribution is -2.17. The minimum atomic E-state index is 0.287. The topological polar surface area (TPSA) is 26.0 Å². The first-order chi connectivity index (χ1) is 5.29. The highest BCUT2D eigenvalue weighted by Gasteiger charge is 2.20. The van der Waals surface area contributed by atoms with E-state index in [1.165, 1.54) is 21.8 Å². The average molecular weight is 185 g/mol. The number of hydrogen-bond acceptors (Lipinski definition) is 3. The number of hydrogen-bond donors (Lipinski definition) is 1. The van der Waals surface area contributed by atoms with Gasteiger partial charge in [-0.3, -0.25) is 0 Å². The van der Waals surface area contributed by atoms with E-state index in [0.717, 1.165) is 5.75 Å². The highest BCUT2D eigenvalue weighted by atomic mass is 32.2. The summed E-state index contributed by atoms with van der Waals surface area (Å²) in [5.41, 5.74) is 8.79. The molecule has 1 aromatic heterocycles. The predicted molar refractivity (Wildman–Crippen MR) is 52.1 cm³/mol. The molecule has 0 saturated heterocycles. The largest absolute Gasteiger partial charge is 0.323 e. The first-order valence-electron chi connectivity index (χ1n) is 3.69. The third-order valence-electron chi connectivity index (χ3n) is 2.00. The van der Waals surface area contributed by atoms with Gasteiger partial charge in [0.15, 0.2) is 0 Å². The fraction of sp³-hybridized carbons (Fsp3) is 0.500. The molecule has 1 unspecified atom stereocenters. The van der Waals surface area contributed by atoms with E-state index in [4.69, 9.17) is 5.73 Å². The minimum Gasteiger partial charge on any atom is -0.323 e. The van der Waals surface area contributed by atoms with Crippen molar-refractivity contribution in [2.24, 2.45) is 5.73 Å². The van der Waals surface area contributed by atoms with Gasteiger partial charge in [-0.15, -0.1) is 11.3 Å². The summed E-state index contributed by atoms with van der Waals surface area (Å²) < 4.78 is 0. The Labute approximate surface area is 75.0 Å². The quantitative estimate of drug-likeness (QED) is 0.671. The van der Waals surface area contributed by atoms with Crippen LogP contribution < -0.4 is 5.73 Å². The summed E-state index contributed by atoms with van der Waals surface area (Å²) in [6, 6.07) is 0.287. The second-order valence-electron chi connectivity index (χ2n) is 2.88. The fourth-order valence-corrected chi connectivity index (χ4v) is 3.77. The van der Waals surface area contributed by atoms with Crippen LogP contribution in [0.5, 0.6) is 0 Å². The van der Waals surface area contributed by atoms with E-state index in [-0.39, 0.29) is 6.04 Å². The zero-order chi connectivity index (χ0) is 7.84. The highest BCUT2D eigenvalue weighted by molar-refractivity contribution is 7.98. The second kappa shape index (κ2) is 2.81. The molecule has 3 heteroatoms. The SMILES string of the molecule is Cc1csc2c1C(N)CSC2. The summed E-state index contributed by atoms with van der Waals surface area (Å²) in [5, 5.41) is 2.22. The summed E-state index contributed by atoms with van der Waals surface area (Å²) in [5.74, 6) is 2.26. The van der Waals surface area contributed by atoms with Crippen LogP contribution in [0, 0.1) is 6.92 Å². The monoisotopic (exact) mass is 185 g/mol. The van der Waals surface area contributed by atoms with Crippen LogP contribution >= 0.6 is 23.1 Å². The van der Waals surface area contributed by atoms with Crippen LogP contribution in [0.25, 0.3) is 0 Å². The zero-order valence-corrected chi connectivity index (χ0v) is 8.10. The van der Waals surface area contributed by atoms with Gasteiger partial charge in [0.05, 0.1) is 0 Å². The van der Waals surface area contributed by atoms with Crippen molar-refractivity contribution in [1.82, 2.24) is 0 Å². The third-order valence-corrected chi connectivity index (χ3v) is 4.40. The number of rotatable bonds is 0. The molecule has 0 bridgehead atoms. The molecule has 2 rings (SSSR count). The standard InChI is InChI=1S/C8H11NS2/c1-5-2-11-7-4-10-3-6(9)8(5)7/h2,6H,3-4,9H2,1H3. The second-order valence-corrected chi connectivity index (χ2v) is 4.87. The zero-order valence-electron chi connectivity index (χ0n) is 6.46. The fourth-order valence-electron chi connectivity index (χ4n) is 1.48. The Morgan fingerprint density at radius 1 is 1.64 bits per heavy atom. The van der Waals surface area contributed by atoms with Gasteiger partial charge in [-0.05, 0) is 23.4 Å². The Kier molecular flexibility index (Phi) is 1.95. The molecule has 1 nitrogen and oxygen atoms in total. The maximum Gasteiger partial charge on any atom is 0.0400 e. The molecule has 2 heterocycles. The van der Waals surface area contributed by atoms with Crippen molar-refractivity contribution in [2.45, 2.75) is 18.7 Å². The molecule has 0 amide bonds. The molecule has 1 atom stereocenters. The lowest BCUT2D eigenvalue weighted by atomic mass is 10.1. The lowest BCUT2D eigenvalue weighted by molar-refractivity contribution is 0.810. The van der Waals surface area contributed by atoms with Crippen molar-refractivity contribution < 1.29 is 0 Å². The van der Waals surface area contributed by atoms with E-state index < -0.39 is 0 Å².